The van der Waals surface area contributed by atoms with Gasteiger partial charge in [-0.2, -0.15) is 0 Å². The van der Waals surface area contributed by atoms with Gasteiger partial charge in [-0.15, -0.1) is 0 Å². The van der Waals surface area contributed by atoms with E-state index in [0.29, 0.717) is 6.04 Å². The first kappa shape index (κ1) is 15.4. The van der Waals surface area contributed by atoms with Gasteiger partial charge in [0.15, 0.2) is 0 Å². The molecular formula is C18H26BrNO. The number of hydrogen-bond acceptors (Lipinski definition) is 2. The van der Waals surface area contributed by atoms with Gasteiger partial charge in [0.2, 0.25) is 0 Å². The van der Waals surface area contributed by atoms with Crippen LogP contribution in [0.2, 0.25) is 0 Å². The number of hydrogen-bond donors (Lipinski definition) is 1. The zero-order chi connectivity index (χ0) is 14.9. The minimum absolute atomic E-state index is 0.0470. The second kappa shape index (κ2) is 6.29. The molecule has 3 rings (SSSR count). The van der Waals surface area contributed by atoms with Crippen LogP contribution < -0.4 is 10.1 Å². The number of fused-ring (bicyclic) bond motifs is 1. The Bertz CT molecular complexity index is 504. The molecule has 0 radical (unpaired) electrons. The SMILES string of the molecule is CCC1CCCC2(CC1)CC(NC)c1ccc(Br)cc1O2. The number of halogens is 1. The van der Waals surface area contributed by atoms with Gasteiger partial charge in [0.05, 0.1) is 0 Å². The molecule has 1 heterocycles. The molecule has 21 heavy (non-hydrogen) atoms. The Morgan fingerprint density at radius 2 is 2.19 bits per heavy atom. The standard InChI is InChI=1S/C18H26BrNO/c1-3-13-5-4-9-18(10-8-13)12-16(20-2)15-7-6-14(19)11-17(15)21-18/h6-7,11,13,16,20H,3-5,8-10,12H2,1-2H3. The number of ether oxygens (including phenoxy) is 1. The third kappa shape index (κ3) is 3.14. The Labute approximate surface area is 136 Å². The van der Waals surface area contributed by atoms with E-state index in [1.165, 1.54) is 44.1 Å². The van der Waals surface area contributed by atoms with E-state index in [-0.39, 0.29) is 5.60 Å². The van der Waals surface area contributed by atoms with Crippen molar-refractivity contribution in [2.75, 3.05) is 7.05 Å². The van der Waals surface area contributed by atoms with E-state index in [2.05, 4.69) is 53.4 Å². The van der Waals surface area contributed by atoms with Crippen molar-refractivity contribution >= 4 is 15.9 Å². The maximum absolute atomic E-state index is 6.58. The van der Waals surface area contributed by atoms with Crippen LogP contribution in [-0.4, -0.2) is 12.6 Å². The van der Waals surface area contributed by atoms with Crippen LogP contribution >= 0.6 is 15.9 Å². The summed E-state index contributed by atoms with van der Waals surface area (Å²) >= 11 is 3.58. The third-order valence-electron chi connectivity index (χ3n) is 5.43. The van der Waals surface area contributed by atoms with E-state index in [9.17, 15) is 0 Å². The zero-order valence-corrected chi connectivity index (χ0v) is 14.7. The van der Waals surface area contributed by atoms with Gasteiger partial charge in [-0.25, -0.2) is 0 Å². The molecule has 3 unspecified atom stereocenters. The van der Waals surface area contributed by atoms with E-state index in [1.807, 2.05) is 0 Å². The summed E-state index contributed by atoms with van der Waals surface area (Å²) in [6.45, 7) is 2.33. The molecule has 0 saturated heterocycles. The minimum atomic E-state index is 0.0470. The molecule has 1 spiro atoms. The van der Waals surface area contributed by atoms with Gasteiger partial charge in [-0.05, 0) is 50.8 Å². The Hall–Kier alpha value is -0.540. The minimum Gasteiger partial charge on any atom is -0.487 e. The average molecular weight is 352 g/mol. The molecule has 1 aromatic rings. The lowest BCUT2D eigenvalue weighted by molar-refractivity contribution is 0.0161. The molecule has 2 aliphatic rings. The zero-order valence-electron chi connectivity index (χ0n) is 13.1. The maximum Gasteiger partial charge on any atom is 0.126 e. The summed E-state index contributed by atoms with van der Waals surface area (Å²) in [5, 5.41) is 3.50. The first-order valence-corrected chi connectivity index (χ1v) is 9.11. The predicted molar refractivity (Wildman–Crippen MR) is 90.8 cm³/mol. The van der Waals surface area contributed by atoms with Crippen LogP contribution in [-0.2, 0) is 0 Å². The van der Waals surface area contributed by atoms with Crippen molar-refractivity contribution in [2.45, 2.75) is 63.5 Å². The van der Waals surface area contributed by atoms with Crippen LogP contribution in [0, 0.1) is 5.92 Å². The number of rotatable bonds is 2. The van der Waals surface area contributed by atoms with Crippen LogP contribution in [0.15, 0.2) is 22.7 Å². The number of benzene rings is 1. The van der Waals surface area contributed by atoms with Crippen molar-refractivity contribution in [3.05, 3.63) is 28.2 Å². The lowest BCUT2D eigenvalue weighted by atomic mass is 9.82. The highest BCUT2D eigenvalue weighted by Crippen LogP contribution is 2.47. The summed E-state index contributed by atoms with van der Waals surface area (Å²) in [6, 6.07) is 6.87. The quantitative estimate of drug-likeness (QED) is 0.788. The van der Waals surface area contributed by atoms with E-state index >= 15 is 0 Å². The Morgan fingerprint density at radius 3 is 2.95 bits per heavy atom. The lowest BCUT2D eigenvalue weighted by Crippen LogP contribution is -2.43. The summed E-state index contributed by atoms with van der Waals surface area (Å²) in [5.74, 6) is 1.97. The molecule has 1 saturated carbocycles. The fourth-order valence-electron chi connectivity index (χ4n) is 4.06. The van der Waals surface area contributed by atoms with E-state index in [4.69, 9.17) is 4.74 Å². The first-order chi connectivity index (χ1) is 10.2. The molecule has 116 valence electrons. The van der Waals surface area contributed by atoms with Crippen molar-refractivity contribution in [1.82, 2.24) is 5.32 Å². The van der Waals surface area contributed by atoms with Crippen molar-refractivity contribution in [2.24, 2.45) is 5.92 Å². The average Bonchev–Trinajstić information content (AvgIpc) is 2.68. The fourth-order valence-corrected chi connectivity index (χ4v) is 4.40. The van der Waals surface area contributed by atoms with Crippen molar-refractivity contribution in [3.8, 4) is 5.75 Å². The predicted octanol–water partition coefficient (Wildman–Crippen LogP) is 5.22. The van der Waals surface area contributed by atoms with E-state index in [1.54, 1.807) is 0 Å². The summed E-state index contributed by atoms with van der Waals surface area (Å²) in [4.78, 5) is 0. The second-order valence-corrected chi connectivity index (χ2v) is 7.63. The molecule has 0 bridgehead atoms. The molecule has 1 N–H and O–H groups in total. The van der Waals surface area contributed by atoms with Gasteiger partial charge in [0.25, 0.3) is 0 Å². The normalized spacial score (nSPS) is 32.3. The Morgan fingerprint density at radius 1 is 1.33 bits per heavy atom. The van der Waals surface area contributed by atoms with Gasteiger partial charge in [0.1, 0.15) is 11.4 Å². The molecule has 1 aromatic carbocycles. The molecule has 1 fully saturated rings. The van der Waals surface area contributed by atoms with Crippen LogP contribution in [0.25, 0.3) is 0 Å². The summed E-state index contributed by atoms with van der Waals surface area (Å²) in [7, 11) is 2.07. The molecule has 1 aliphatic heterocycles. The van der Waals surface area contributed by atoms with Crippen molar-refractivity contribution < 1.29 is 4.74 Å². The molecule has 1 aliphatic carbocycles. The smallest absolute Gasteiger partial charge is 0.126 e. The largest absolute Gasteiger partial charge is 0.487 e. The van der Waals surface area contributed by atoms with Gasteiger partial charge < -0.3 is 10.1 Å². The Kier molecular flexibility index (Phi) is 4.60. The highest BCUT2D eigenvalue weighted by Gasteiger charge is 2.41. The van der Waals surface area contributed by atoms with Crippen LogP contribution in [0.5, 0.6) is 5.75 Å². The van der Waals surface area contributed by atoms with Crippen molar-refractivity contribution in [3.63, 3.8) is 0 Å². The highest BCUT2D eigenvalue weighted by atomic mass is 79.9. The summed E-state index contributed by atoms with van der Waals surface area (Å²) < 4.78 is 7.68. The summed E-state index contributed by atoms with van der Waals surface area (Å²) in [6.07, 6.45) is 8.82. The first-order valence-electron chi connectivity index (χ1n) is 8.31. The van der Waals surface area contributed by atoms with Crippen LogP contribution in [0.3, 0.4) is 0 Å². The van der Waals surface area contributed by atoms with Crippen molar-refractivity contribution in [1.29, 1.82) is 0 Å². The monoisotopic (exact) mass is 351 g/mol. The third-order valence-corrected chi connectivity index (χ3v) is 5.93. The topological polar surface area (TPSA) is 21.3 Å². The molecular weight excluding hydrogens is 326 g/mol. The van der Waals surface area contributed by atoms with E-state index < -0.39 is 0 Å². The lowest BCUT2D eigenvalue weighted by Gasteiger charge is -2.42. The number of nitrogens with one attached hydrogen (secondary N) is 1. The summed E-state index contributed by atoms with van der Waals surface area (Å²) in [5.41, 5.74) is 1.35. The Balaban J connectivity index is 1.88. The van der Waals surface area contributed by atoms with Crippen LogP contribution in [0.1, 0.15) is 63.5 Å². The van der Waals surface area contributed by atoms with Gasteiger partial charge >= 0.3 is 0 Å². The molecule has 3 heteroatoms. The fraction of sp³-hybridized carbons (Fsp3) is 0.667. The molecule has 3 atom stereocenters. The highest BCUT2D eigenvalue weighted by molar-refractivity contribution is 9.10. The molecule has 2 nitrogen and oxygen atoms in total. The maximum atomic E-state index is 6.58. The molecule has 0 aromatic heterocycles. The van der Waals surface area contributed by atoms with E-state index in [0.717, 1.165) is 22.6 Å². The molecule has 0 amide bonds. The van der Waals surface area contributed by atoms with Gasteiger partial charge in [-0.3, -0.25) is 0 Å². The van der Waals surface area contributed by atoms with Gasteiger partial charge in [-0.1, -0.05) is 41.8 Å². The van der Waals surface area contributed by atoms with Gasteiger partial charge in [0, 0.05) is 22.5 Å². The second-order valence-electron chi connectivity index (χ2n) is 6.72. The van der Waals surface area contributed by atoms with Crippen LogP contribution in [0.4, 0.5) is 0 Å².